The molecule has 192 valence electrons. The van der Waals surface area contributed by atoms with E-state index in [0.717, 1.165) is 27.5 Å². The smallest absolute Gasteiger partial charge is 0.289 e. The maximum absolute atomic E-state index is 13.5. The van der Waals surface area contributed by atoms with Gasteiger partial charge in [0.2, 0.25) is 0 Å². The van der Waals surface area contributed by atoms with Crippen molar-refractivity contribution in [3.05, 3.63) is 80.5 Å². The number of rotatable bonds is 7. The van der Waals surface area contributed by atoms with Crippen LogP contribution < -0.4 is 9.80 Å². The predicted octanol–water partition coefficient (Wildman–Crippen LogP) is 3.82. The number of anilines is 2. The molecule has 37 heavy (non-hydrogen) atoms. The summed E-state index contributed by atoms with van der Waals surface area (Å²) < 4.78 is 38.8. The van der Waals surface area contributed by atoms with Crippen LogP contribution in [0.2, 0.25) is 4.34 Å². The van der Waals surface area contributed by atoms with E-state index in [1.807, 2.05) is 24.3 Å². The molecule has 2 N–H and O–H groups in total. The van der Waals surface area contributed by atoms with E-state index in [0.29, 0.717) is 23.1 Å². The molecule has 2 aromatic carbocycles. The summed E-state index contributed by atoms with van der Waals surface area (Å²) >= 11 is 6.93. The van der Waals surface area contributed by atoms with Gasteiger partial charge in [-0.25, -0.2) is 0 Å². The molecule has 0 atom stereocenters. The van der Waals surface area contributed by atoms with Crippen LogP contribution in [0.5, 0.6) is 0 Å². The van der Waals surface area contributed by atoms with E-state index in [4.69, 9.17) is 21.7 Å². The number of fused-ring (bicyclic) bond motifs is 1. The first-order valence-corrected chi connectivity index (χ1v) is 13.9. The molecular weight excluding hydrogens is 540 g/mol. The van der Waals surface area contributed by atoms with Crippen molar-refractivity contribution in [1.29, 1.82) is 5.41 Å². The minimum Gasteiger partial charge on any atom is -0.463 e. The van der Waals surface area contributed by atoms with E-state index in [9.17, 15) is 22.6 Å². The van der Waals surface area contributed by atoms with E-state index in [1.54, 1.807) is 21.9 Å². The van der Waals surface area contributed by atoms with Gasteiger partial charge in [0.15, 0.2) is 5.88 Å². The standard InChI is InChI=1S/C24H21ClN4O6S2/c25-20-8-7-19(36-20)22(30)29(14-37(32,33)34)18-6-2-4-16-13-27(23(31)21(16)18)12-15-3-1-5-17(11-15)28-9-10-35-24(28)26/h1-8,11,26H,9-10,12-14H2,(H,32,33,34). The average molecular weight is 561 g/mol. The molecule has 0 saturated carbocycles. The molecule has 1 fully saturated rings. The second kappa shape index (κ2) is 9.78. The molecular formula is C24H21ClN4O6S2. The lowest BCUT2D eigenvalue weighted by Gasteiger charge is -2.23. The van der Waals surface area contributed by atoms with Crippen LogP contribution in [0.4, 0.5) is 11.4 Å². The zero-order chi connectivity index (χ0) is 26.3. The van der Waals surface area contributed by atoms with Crippen molar-refractivity contribution in [2.45, 2.75) is 13.1 Å². The van der Waals surface area contributed by atoms with Crippen molar-refractivity contribution in [2.75, 3.05) is 28.8 Å². The Morgan fingerprint density at radius 3 is 2.65 bits per heavy atom. The molecule has 0 spiro atoms. The SMILES string of the molecule is N=C1OCCN1c1cccc(CN2Cc3cccc(N(CS(=O)(=O)O)C(=O)c4ccc(Cl)s4)c3C2=O)c1. The fraction of sp³-hybridized carbons (Fsp3) is 0.208. The number of carbonyl (C=O) groups is 2. The molecule has 1 saturated heterocycles. The number of benzene rings is 2. The summed E-state index contributed by atoms with van der Waals surface area (Å²) in [5.74, 6) is -2.08. The van der Waals surface area contributed by atoms with Crippen LogP contribution in [0.3, 0.4) is 0 Å². The Morgan fingerprint density at radius 1 is 1.19 bits per heavy atom. The van der Waals surface area contributed by atoms with Gasteiger partial charge in [-0.15, -0.1) is 11.3 Å². The third-order valence-electron chi connectivity index (χ3n) is 6.00. The molecule has 0 unspecified atom stereocenters. The highest BCUT2D eigenvalue weighted by atomic mass is 35.5. The van der Waals surface area contributed by atoms with Crippen LogP contribution in [0.1, 0.15) is 31.2 Å². The van der Waals surface area contributed by atoms with Gasteiger partial charge in [0, 0.05) is 18.8 Å². The van der Waals surface area contributed by atoms with Gasteiger partial charge in [0.05, 0.1) is 27.0 Å². The number of hydrogen-bond acceptors (Lipinski definition) is 7. The second-order valence-electron chi connectivity index (χ2n) is 8.50. The van der Waals surface area contributed by atoms with Crippen LogP contribution >= 0.6 is 22.9 Å². The molecule has 2 amide bonds. The van der Waals surface area contributed by atoms with E-state index in [2.05, 4.69) is 0 Å². The lowest BCUT2D eigenvalue weighted by Crippen LogP contribution is -2.36. The molecule has 10 nitrogen and oxygen atoms in total. The van der Waals surface area contributed by atoms with Gasteiger partial charge in [-0.1, -0.05) is 35.9 Å². The van der Waals surface area contributed by atoms with Gasteiger partial charge >= 0.3 is 0 Å². The minimum atomic E-state index is -4.61. The third-order valence-corrected chi connectivity index (χ3v) is 7.80. The number of ether oxygens (including phenoxy) is 1. The molecule has 5 rings (SSSR count). The number of nitrogens with one attached hydrogen (secondary N) is 1. The Hall–Kier alpha value is -3.45. The predicted molar refractivity (Wildman–Crippen MR) is 140 cm³/mol. The van der Waals surface area contributed by atoms with Gasteiger partial charge in [-0.05, 0) is 41.5 Å². The fourth-order valence-corrected chi connectivity index (χ4v) is 5.99. The quantitative estimate of drug-likeness (QED) is 0.420. The van der Waals surface area contributed by atoms with Crippen molar-refractivity contribution in [3.63, 3.8) is 0 Å². The zero-order valence-electron chi connectivity index (χ0n) is 19.3. The largest absolute Gasteiger partial charge is 0.463 e. The highest BCUT2D eigenvalue weighted by Crippen LogP contribution is 2.35. The van der Waals surface area contributed by atoms with E-state index < -0.39 is 21.9 Å². The van der Waals surface area contributed by atoms with Crippen LogP contribution in [-0.2, 0) is 27.9 Å². The Balaban J connectivity index is 1.45. The van der Waals surface area contributed by atoms with Crippen LogP contribution in [-0.4, -0.2) is 54.7 Å². The molecule has 13 heteroatoms. The van der Waals surface area contributed by atoms with Crippen molar-refractivity contribution < 1.29 is 27.3 Å². The summed E-state index contributed by atoms with van der Waals surface area (Å²) in [5.41, 5.74) is 2.54. The van der Waals surface area contributed by atoms with Crippen LogP contribution in [0.15, 0.2) is 54.6 Å². The first-order valence-electron chi connectivity index (χ1n) is 11.1. The summed E-state index contributed by atoms with van der Waals surface area (Å²) in [5, 5.41) is 7.92. The summed E-state index contributed by atoms with van der Waals surface area (Å²) in [6.45, 7) is 1.51. The van der Waals surface area contributed by atoms with E-state index in [-0.39, 0.29) is 41.1 Å². The lowest BCUT2D eigenvalue weighted by atomic mass is 10.1. The summed E-state index contributed by atoms with van der Waals surface area (Å²) in [7, 11) is -4.61. The van der Waals surface area contributed by atoms with Gasteiger partial charge in [-0.2, -0.15) is 8.42 Å². The van der Waals surface area contributed by atoms with Gasteiger partial charge in [0.1, 0.15) is 6.61 Å². The Kier molecular flexibility index (Phi) is 6.67. The topological polar surface area (TPSA) is 131 Å². The molecule has 0 bridgehead atoms. The normalized spacial score (nSPS) is 15.2. The number of thiophene rings is 1. The average Bonchev–Trinajstić information content (AvgIpc) is 3.56. The molecule has 0 radical (unpaired) electrons. The monoisotopic (exact) mass is 560 g/mol. The first-order chi connectivity index (χ1) is 17.6. The van der Waals surface area contributed by atoms with Crippen LogP contribution in [0.25, 0.3) is 0 Å². The molecule has 3 aromatic rings. The highest BCUT2D eigenvalue weighted by molar-refractivity contribution is 7.85. The lowest BCUT2D eigenvalue weighted by molar-refractivity contribution is 0.0767. The summed E-state index contributed by atoms with van der Waals surface area (Å²) in [4.78, 5) is 31.2. The molecule has 1 aromatic heterocycles. The molecule has 2 aliphatic rings. The number of nitrogens with zero attached hydrogens (tertiary/aromatic N) is 3. The van der Waals surface area contributed by atoms with Crippen molar-refractivity contribution >= 4 is 62.3 Å². The number of halogens is 1. The van der Waals surface area contributed by atoms with Gasteiger partial charge in [-0.3, -0.25) is 29.4 Å². The second-order valence-corrected chi connectivity index (χ2v) is 11.6. The fourth-order valence-electron chi connectivity index (χ4n) is 4.42. The maximum atomic E-state index is 13.5. The molecule has 3 heterocycles. The Morgan fingerprint density at radius 2 is 1.97 bits per heavy atom. The Bertz CT molecular complexity index is 1520. The van der Waals surface area contributed by atoms with Crippen LogP contribution in [0, 0.1) is 5.41 Å². The maximum Gasteiger partial charge on any atom is 0.289 e. The Labute approximate surface area is 221 Å². The zero-order valence-corrected chi connectivity index (χ0v) is 21.6. The molecule has 0 aliphatic carbocycles. The number of hydrogen-bond donors (Lipinski definition) is 2. The van der Waals surface area contributed by atoms with Crippen molar-refractivity contribution in [3.8, 4) is 0 Å². The van der Waals surface area contributed by atoms with Gasteiger partial charge in [0.25, 0.3) is 28.0 Å². The minimum absolute atomic E-state index is 0.0714. The van der Waals surface area contributed by atoms with Gasteiger partial charge < -0.3 is 9.64 Å². The summed E-state index contributed by atoms with van der Waals surface area (Å²) in [6, 6.07) is 15.4. The third kappa shape index (κ3) is 5.18. The van der Waals surface area contributed by atoms with Crippen molar-refractivity contribution in [1.82, 2.24) is 4.90 Å². The highest BCUT2D eigenvalue weighted by Gasteiger charge is 2.35. The van der Waals surface area contributed by atoms with E-state index >= 15 is 0 Å². The number of amidine groups is 1. The van der Waals surface area contributed by atoms with E-state index in [1.165, 1.54) is 18.2 Å². The van der Waals surface area contributed by atoms with Crippen molar-refractivity contribution in [2.24, 2.45) is 0 Å². The number of carbonyl (C=O) groups excluding carboxylic acids is 2. The first kappa shape index (κ1) is 25.2. The number of amides is 2. The molecule has 2 aliphatic heterocycles. The summed E-state index contributed by atoms with van der Waals surface area (Å²) in [6.07, 6.45) is 0.